The van der Waals surface area contributed by atoms with Crippen LogP contribution in [0.4, 0.5) is 0 Å². The van der Waals surface area contributed by atoms with Gasteiger partial charge in [-0.15, -0.1) is 0 Å². The highest BCUT2D eigenvalue weighted by Gasteiger charge is 2.36. The van der Waals surface area contributed by atoms with Gasteiger partial charge in [0.25, 0.3) is 0 Å². The Balaban J connectivity index is 2.42. The van der Waals surface area contributed by atoms with E-state index in [1.54, 1.807) is 24.3 Å². The molecule has 0 aliphatic heterocycles. The third-order valence-corrected chi connectivity index (χ3v) is 3.52. The first-order valence-corrected chi connectivity index (χ1v) is 6.26. The van der Waals surface area contributed by atoms with E-state index in [1.165, 1.54) is 20.3 Å². The summed E-state index contributed by atoms with van der Waals surface area (Å²) in [6, 6.07) is 8.15. The molecule has 0 atom stereocenters. The molecule has 2 aromatic rings. The third kappa shape index (κ3) is 1.71. The summed E-state index contributed by atoms with van der Waals surface area (Å²) in [5, 5.41) is 11.1. The standard InChI is InChI=1S/C16H12O5/c1-20-15-13(18)9-7-6-8-4-3-5-10(17)11(8)12(9)14(19)16(15)21-2/h3-7,17H,1-2H3. The van der Waals surface area contributed by atoms with E-state index in [0.717, 1.165) is 0 Å². The highest BCUT2D eigenvalue weighted by atomic mass is 16.5. The van der Waals surface area contributed by atoms with E-state index in [2.05, 4.69) is 0 Å². The first kappa shape index (κ1) is 13.2. The van der Waals surface area contributed by atoms with Crippen molar-refractivity contribution < 1.29 is 24.2 Å². The SMILES string of the molecule is COC1=C(OC)C(=O)c2c(ccc3cccc(O)c23)C1=O. The molecule has 2 aromatic carbocycles. The Morgan fingerprint density at radius 1 is 0.905 bits per heavy atom. The fraction of sp³-hybridized carbons (Fsp3) is 0.125. The molecule has 1 N–H and O–H groups in total. The Hall–Kier alpha value is -2.82. The summed E-state index contributed by atoms with van der Waals surface area (Å²) >= 11 is 0. The summed E-state index contributed by atoms with van der Waals surface area (Å²) in [6.45, 7) is 0. The minimum Gasteiger partial charge on any atom is -0.507 e. The van der Waals surface area contributed by atoms with E-state index in [0.29, 0.717) is 10.8 Å². The number of carbonyl (C=O) groups excluding carboxylic acids is 2. The van der Waals surface area contributed by atoms with Gasteiger partial charge in [-0.3, -0.25) is 9.59 Å². The Bertz CT molecular complexity index is 817. The van der Waals surface area contributed by atoms with Crippen molar-refractivity contribution in [3.63, 3.8) is 0 Å². The first-order chi connectivity index (χ1) is 10.1. The van der Waals surface area contributed by atoms with Gasteiger partial charge in [-0.1, -0.05) is 18.2 Å². The highest BCUT2D eigenvalue weighted by molar-refractivity contribution is 6.30. The lowest BCUT2D eigenvalue weighted by Gasteiger charge is -2.20. The second kappa shape index (κ2) is 4.63. The van der Waals surface area contributed by atoms with Crippen LogP contribution in [0.25, 0.3) is 10.8 Å². The average Bonchev–Trinajstić information content (AvgIpc) is 2.49. The van der Waals surface area contributed by atoms with E-state index >= 15 is 0 Å². The lowest BCUT2D eigenvalue weighted by Crippen LogP contribution is -2.24. The Morgan fingerprint density at radius 2 is 1.57 bits per heavy atom. The summed E-state index contributed by atoms with van der Waals surface area (Å²) in [7, 11) is 2.61. The number of Topliss-reactive ketones (excluding diaryl/α,β-unsaturated/α-hetero) is 2. The van der Waals surface area contributed by atoms with Crippen LogP contribution >= 0.6 is 0 Å². The quantitative estimate of drug-likeness (QED) is 0.916. The van der Waals surface area contributed by atoms with Crippen LogP contribution in [0, 0.1) is 0 Å². The van der Waals surface area contributed by atoms with E-state index in [9.17, 15) is 14.7 Å². The van der Waals surface area contributed by atoms with Crippen molar-refractivity contribution in [2.45, 2.75) is 0 Å². The van der Waals surface area contributed by atoms with E-state index in [-0.39, 0.29) is 28.4 Å². The molecule has 5 nitrogen and oxygen atoms in total. The Morgan fingerprint density at radius 3 is 2.24 bits per heavy atom. The number of rotatable bonds is 2. The van der Waals surface area contributed by atoms with Crippen molar-refractivity contribution in [2.75, 3.05) is 14.2 Å². The zero-order valence-corrected chi connectivity index (χ0v) is 11.5. The zero-order chi connectivity index (χ0) is 15.1. The molecule has 21 heavy (non-hydrogen) atoms. The van der Waals surface area contributed by atoms with Gasteiger partial charge in [0.2, 0.25) is 23.1 Å². The molecule has 5 heteroatoms. The van der Waals surface area contributed by atoms with Gasteiger partial charge in [0, 0.05) is 16.5 Å². The summed E-state index contributed by atoms with van der Waals surface area (Å²) in [5.74, 6) is -1.23. The molecule has 0 saturated heterocycles. The maximum absolute atomic E-state index is 12.6. The number of aromatic hydroxyl groups is 1. The lowest BCUT2D eigenvalue weighted by molar-refractivity contribution is 0.0830. The van der Waals surface area contributed by atoms with Gasteiger partial charge in [-0.25, -0.2) is 0 Å². The number of carbonyl (C=O) groups is 2. The topological polar surface area (TPSA) is 72.8 Å². The van der Waals surface area contributed by atoms with Crippen molar-refractivity contribution in [1.82, 2.24) is 0 Å². The first-order valence-electron chi connectivity index (χ1n) is 6.26. The van der Waals surface area contributed by atoms with Gasteiger partial charge in [0.15, 0.2) is 0 Å². The largest absolute Gasteiger partial charge is 0.507 e. The molecule has 1 aliphatic rings. The van der Waals surface area contributed by atoms with Crippen LogP contribution in [0.2, 0.25) is 0 Å². The summed E-state index contributed by atoms with van der Waals surface area (Å²) in [4.78, 5) is 25.0. The van der Waals surface area contributed by atoms with Crippen molar-refractivity contribution >= 4 is 22.3 Å². The van der Waals surface area contributed by atoms with Crippen LogP contribution in [0.5, 0.6) is 5.75 Å². The maximum atomic E-state index is 12.6. The fourth-order valence-corrected chi connectivity index (χ4v) is 2.60. The minimum atomic E-state index is -0.476. The number of phenols is 1. The van der Waals surface area contributed by atoms with Gasteiger partial charge in [-0.2, -0.15) is 0 Å². The predicted octanol–water partition coefficient (Wildman–Crippen LogP) is 2.43. The van der Waals surface area contributed by atoms with Crippen LogP contribution in [0.3, 0.4) is 0 Å². The molecule has 0 radical (unpaired) electrons. The fourth-order valence-electron chi connectivity index (χ4n) is 2.60. The zero-order valence-electron chi connectivity index (χ0n) is 11.5. The van der Waals surface area contributed by atoms with Gasteiger partial charge < -0.3 is 14.6 Å². The number of allylic oxidation sites excluding steroid dienone is 2. The number of ketones is 2. The van der Waals surface area contributed by atoms with Gasteiger partial charge in [0.1, 0.15) is 5.75 Å². The number of methoxy groups -OCH3 is 2. The third-order valence-electron chi connectivity index (χ3n) is 3.52. The predicted molar refractivity (Wildman–Crippen MR) is 75.3 cm³/mol. The van der Waals surface area contributed by atoms with Crippen LogP contribution < -0.4 is 0 Å². The second-order valence-electron chi connectivity index (χ2n) is 4.59. The van der Waals surface area contributed by atoms with Crippen LogP contribution in [0.1, 0.15) is 20.7 Å². The van der Waals surface area contributed by atoms with E-state index in [4.69, 9.17) is 9.47 Å². The second-order valence-corrected chi connectivity index (χ2v) is 4.59. The molecule has 0 aromatic heterocycles. The van der Waals surface area contributed by atoms with E-state index < -0.39 is 11.6 Å². The summed E-state index contributed by atoms with van der Waals surface area (Å²) in [5.41, 5.74) is 0.347. The van der Waals surface area contributed by atoms with Gasteiger partial charge in [0.05, 0.1) is 14.2 Å². The van der Waals surface area contributed by atoms with E-state index in [1.807, 2.05) is 0 Å². The molecular weight excluding hydrogens is 272 g/mol. The summed E-state index contributed by atoms with van der Waals surface area (Å²) in [6.07, 6.45) is 0. The molecule has 1 aliphatic carbocycles. The molecular formula is C16H12O5. The molecule has 0 spiro atoms. The molecule has 0 unspecified atom stereocenters. The lowest BCUT2D eigenvalue weighted by atomic mass is 9.87. The molecule has 3 rings (SSSR count). The highest BCUT2D eigenvalue weighted by Crippen LogP contribution is 2.36. The minimum absolute atomic E-state index is 0.0539. The van der Waals surface area contributed by atoms with Crippen LogP contribution in [0.15, 0.2) is 41.9 Å². The smallest absolute Gasteiger partial charge is 0.233 e. The van der Waals surface area contributed by atoms with Crippen molar-refractivity contribution in [3.05, 3.63) is 53.0 Å². The molecule has 0 bridgehead atoms. The number of ether oxygens (including phenoxy) is 2. The summed E-state index contributed by atoms with van der Waals surface area (Å²) < 4.78 is 10.0. The average molecular weight is 284 g/mol. The van der Waals surface area contributed by atoms with Crippen molar-refractivity contribution in [3.8, 4) is 5.75 Å². The molecule has 0 fully saturated rings. The Labute approximate surface area is 120 Å². The van der Waals surface area contributed by atoms with Gasteiger partial charge >= 0.3 is 0 Å². The number of benzene rings is 2. The Kier molecular flexibility index (Phi) is 2.90. The number of hydrogen-bond donors (Lipinski definition) is 1. The van der Waals surface area contributed by atoms with Crippen LogP contribution in [-0.4, -0.2) is 30.9 Å². The molecule has 0 saturated carbocycles. The molecule has 0 heterocycles. The molecule has 0 amide bonds. The monoisotopic (exact) mass is 284 g/mol. The van der Waals surface area contributed by atoms with Crippen molar-refractivity contribution in [2.24, 2.45) is 0 Å². The number of hydrogen-bond acceptors (Lipinski definition) is 5. The van der Waals surface area contributed by atoms with Crippen LogP contribution in [-0.2, 0) is 9.47 Å². The number of fused-ring (bicyclic) bond motifs is 3. The van der Waals surface area contributed by atoms with Gasteiger partial charge in [-0.05, 0) is 17.5 Å². The van der Waals surface area contributed by atoms with Crippen molar-refractivity contribution in [1.29, 1.82) is 0 Å². The molecule has 106 valence electrons. The normalized spacial score (nSPS) is 14.4. The number of phenolic OH excluding ortho intramolecular Hbond substituents is 1. The maximum Gasteiger partial charge on any atom is 0.233 e.